The minimum atomic E-state index is -1.02. The highest BCUT2D eigenvalue weighted by Crippen LogP contribution is 2.17. The third-order valence-electron chi connectivity index (χ3n) is 2.13. The molecule has 1 N–H and O–H groups in total. The summed E-state index contributed by atoms with van der Waals surface area (Å²) < 4.78 is 0. The van der Waals surface area contributed by atoms with Crippen molar-refractivity contribution in [1.29, 1.82) is 0 Å². The molecule has 0 unspecified atom stereocenters. The Morgan fingerprint density at radius 1 is 1.33 bits per heavy atom. The summed E-state index contributed by atoms with van der Waals surface area (Å²) in [5.41, 5.74) is 1.17. The highest BCUT2D eigenvalue weighted by Gasteiger charge is 2.08. The maximum Gasteiger partial charge on any atom is 0.336 e. The molecule has 0 bridgehead atoms. The summed E-state index contributed by atoms with van der Waals surface area (Å²) in [5, 5.41) is 9.41. The van der Waals surface area contributed by atoms with E-state index in [0.717, 1.165) is 0 Å². The molecule has 0 radical (unpaired) electrons. The zero-order valence-electron chi connectivity index (χ0n) is 7.68. The van der Waals surface area contributed by atoms with Crippen LogP contribution >= 0.6 is 0 Å². The Morgan fingerprint density at radius 3 is 2.80 bits per heavy atom. The minimum absolute atomic E-state index is 0.156. The van der Waals surface area contributed by atoms with Crippen LogP contribution in [0.2, 0.25) is 0 Å². The molecule has 0 spiro atoms. The number of aromatic nitrogens is 1. The molecule has 2 aromatic rings. The van der Waals surface area contributed by atoms with Crippen LogP contribution in [0.4, 0.5) is 0 Å². The normalized spacial score (nSPS) is 10.1. The van der Waals surface area contributed by atoms with Crippen molar-refractivity contribution in [1.82, 2.24) is 4.98 Å². The molecule has 1 aromatic carbocycles. The van der Waals surface area contributed by atoms with Gasteiger partial charge in [-0.05, 0) is 24.3 Å². The van der Waals surface area contributed by atoms with Crippen LogP contribution in [0, 0.1) is 0 Å². The van der Waals surface area contributed by atoms with E-state index in [-0.39, 0.29) is 5.56 Å². The minimum Gasteiger partial charge on any atom is -0.478 e. The number of hydrogen-bond donors (Lipinski definition) is 1. The summed E-state index contributed by atoms with van der Waals surface area (Å²) in [6.07, 6.45) is 2.12. The number of carboxylic acids is 1. The van der Waals surface area contributed by atoms with Crippen molar-refractivity contribution >= 4 is 23.2 Å². The van der Waals surface area contributed by atoms with Crippen molar-refractivity contribution in [3.05, 3.63) is 41.6 Å². The van der Waals surface area contributed by atoms with Crippen molar-refractivity contribution < 1.29 is 14.7 Å². The monoisotopic (exact) mass is 201 g/mol. The lowest BCUT2D eigenvalue weighted by molar-refractivity contribution is 0.0698. The lowest BCUT2D eigenvalue weighted by atomic mass is 10.1. The summed E-state index contributed by atoms with van der Waals surface area (Å²) in [6, 6.07) is 6.18. The summed E-state index contributed by atoms with van der Waals surface area (Å²) in [5.74, 6) is -1.02. The van der Waals surface area contributed by atoms with E-state index in [0.29, 0.717) is 22.8 Å². The summed E-state index contributed by atoms with van der Waals surface area (Å²) in [6.45, 7) is 0. The van der Waals surface area contributed by atoms with Gasteiger partial charge in [-0.2, -0.15) is 0 Å². The predicted octanol–water partition coefficient (Wildman–Crippen LogP) is 1.75. The average Bonchev–Trinajstić information content (AvgIpc) is 2.27. The van der Waals surface area contributed by atoms with Gasteiger partial charge in [0.1, 0.15) is 6.29 Å². The van der Waals surface area contributed by atoms with Gasteiger partial charge in [-0.3, -0.25) is 9.78 Å². The number of benzene rings is 1. The first-order chi connectivity index (χ1) is 7.22. The molecule has 0 fully saturated rings. The van der Waals surface area contributed by atoms with Crippen molar-refractivity contribution in [2.24, 2.45) is 0 Å². The lowest BCUT2D eigenvalue weighted by Gasteiger charge is -2.01. The van der Waals surface area contributed by atoms with Gasteiger partial charge < -0.3 is 5.11 Å². The SMILES string of the molecule is O=Cc1ccc2nccc(C(=O)O)c2c1. The van der Waals surface area contributed by atoms with Crippen molar-refractivity contribution in [2.75, 3.05) is 0 Å². The van der Waals surface area contributed by atoms with Gasteiger partial charge in [0.2, 0.25) is 0 Å². The Bertz CT molecular complexity index is 549. The van der Waals surface area contributed by atoms with Gasteiger partial charge in [0.15, 0.2) is 0 Å². The number of carbonyl (C=O) groups excluding carboxylic acids is 1. The Balaban J connectivity index is 2.81. The third kappa shape index (κ3) is 1.57. The molecule has 15 heavy (non-hydrogen) atoms. The Kier molecular flexibility index (Phi) is 2.17. The van der Waals surface area contributed by atoms with Crippen LogP contribution in [-0.4, -0.2) is 22.3 Å². The van der Waals surface area contributed by atoms with E-state index in [1.807, 2.05) is 0 Å². The molecule has 0 aliphatic heterocycles. The Morgan fingerprint density at radius 2 is 2.13 bits per heavy atom. The summed E-state index contributed by atoms with van der Waals surface area (Å²) >= 11 is 0. The number of pyridine rings is 1. The molecule has 1 heterocycles. The van der Waals surface area contributed by atoms with Gasteiger partial charge in [-0.15, -0.1) is 0 Å². The smallest absolute Gasteiger partial charge is 0.336 e. The van der Waals surface area contributed by atoms with Gasteiger partial charge in [0.25, 0.3) is 0 Å². The second-order valence-corrected chi connectivity index (χ2v) is 3.06. The number of carboxylic acid groups (broad SMARTS) is 1. The van der Waals surface area contributed by atoms with Gasteiger partial charge in [0, 0.05) is 17.1 Å². The fourth-order valence-corrected chi connectivity index (χ4v) is 1.42. The average molecular weight is 201 g/mol. The van der Waals surface area contributed by atoms with Crippen LogP contribution in [0.15, 0.2) is 30.5 Å². The van der Waals surface area contributed by atoms with E-state index in [4.69, 9.17) is 5.11 Å². The first-order valence-electron chi connectivity index (χ1n) is 4.29. The van der Waals surface area contributed by atoms with Gasteiger partial charge in [-0.1, -0.05) is 0 Å². The lowest BCUT2D eigenvalue weighted by Crippen LogP contribution is -1.98. The predicted molar refractivity (Wildman–Crippen MR) is 54.1 cm³/mol. The van der Waals surface area contributed by atoms with Crippen molar-refractivity contribution in [3.63, 3.8) is 0 Å². The van der Waals surface area contributed by atoms with Crippen LogP contribution < -0.4 is 0 Å². The van der Waals surface area contributed by atoms with Crippen LogP contribution in [0.3, 0.4) is 0 Å². The number of hydrogen-bond acceptors (Lipinski definition) is 3. The van der Waals surface area contributed by atoms with Crippen LogP contribution in [-0.2, 0) is 0 Å². The molecular formula is C11H7NO3. The van der Waals surface area contributed by atoms with Crippen molar-refractivity contribution in [3.8, 4) is 0 Å². The topological polar surface area (TPSA) is 67.3 Å². The van der Waals surface area contributed by atoms with Gasteiger partial charge >= 0.3 is 5.97 Å². The van der Waals surface area contributed by atoms with E-state index < -0.39 is 5.97 Å². The standard InChI is InChI=1S/C11H7NO3/c13-6-7-1-2-10-9(5-7)8(11(14)15)3-4-12-10/h1-6H,(H,14,15). The molecule has 74 valence electrons. The Labute approximate surface area is 85.2 Å². The molecule has 4 heteroatoms. The summed E-state index contributed by atoms with van der Waals surface area (Å²) in [4.78, 5) is 25.5. The molecule has 0 aliphatic carbocycles. The molecule has 2 rings (SSSR count). The number of aromatic carboxylic acids is 1. The first-order valence-corrected chi connectivity index (χ1v) is 4.29. The molecular weight excluding hydrogens is 194 g/mol. The quantitative estimate of drug-likeness (QED) is 0.751. The third-order valence-corrected chi connectivity index (χ3v) is 2.13. The van der Waals surface area contributed by atoms with Crippen molar-refractivity contribution in [2.45, 2.75) is 0 Å². The number of fused-ring (bicyclic) bond motifs is 1. The fraction of sp³-hybridized carbons (Fsp3) is 0. The molecule has 0 saturated carbocycles. The maximum absolute atomic E-state index is 10.9. The van der Waals surface area contributed by atoms with E-state index in [1.54, 1.807) is 12.1 Å². The van der Waals surface area contributed by atoms with Crippen LogP contribution in [0.5, 0.6) is 0 Å². The molecule has 4 nitrogen and oxygen atoms in total. The summed E-state index contributed by atoms with van der Waals surface area (Å²) in [7, 11) is 0. The van der Waals surface area contributed by atoms with Crippen LogP contribution in [0.1, 0.15) is 20.7 Å². The van der Waals surface area contributed by atoms with E-state index >= 15 is 0 Å². The fourth-order valence-electron chi connectivity index (χ4n) is 1.42. The maximum atomic E-state index is 10.9. The van der Waals surface area contributed by atoms with E-state index in [1.165, 1.54) is 18.3 Å². The molecule has 0 saturated heterocycles. The second kappa shape index (κ2) is 3.49. The molecule has 1 aromatic heterocycles. The largest absolute Gasteiger partial charge is 0.478 e. The number of rotatable bonds is 2. The van der Waals surface area contributed by atoms with Gasteiger partial charge in [-0.25, -0.2) is 4.79 Å². The zero-order chi connectivity index (χ0) is 10.8. The van der Waals surface area contributed by atoms with E-state index in [2.05, 4.69) is 4.98 Å². The first kappa shape index (κ1) is 9.33. The Hall–Kier alpha value is -2.23. The molecule has 0 atom stereocenters. The van der Waals surface area contributed by atoms with E-state index in [9.17, 15) is 9.59 Å². The molecule has 0 aliphatic rings. The zero-order valence-corrected chi connectivity index (χ0v) is 7.68. The number of carbonyl (C=O) groups is 2. The second-order valence-electron chi connectivity index (χ2n) is 3.06. The van der Waals surface area contributed by atoms with Crippen LogP contribution in [0.25, 0.3) is 10.9 Å². The molecule has 0 amide bonds. The highest BCUT2D eigenvalue weighted by atomic mass is 16.4. The highest BCUT2D eigenvalue weighted by molar-refractivity contribution is 6.03. The number of nitrogens with zero attached hydrogens (tertiary/aromatic N) is 1. The number of aldehydes is 1. The van der Waals surface area contributed by atoms with Gasteiger partial charge in [0.05, 0.1) is 11.1 Å².